The number of fused-ring (bicyclic) bond motifs is 2. The minimum absolute atomic E-state index is 0.144. The lowest BCUT2D eigenvalue weighted by molar-refractivity contribution is 0.613. The Hall–Kier alpha value is -4.28. The molecule has 0 bridgehead atoms. The van der Waals surface area contributed by atoms with Gasteiger partial charge in [0.1, 0.15) is 28.7 Å². The van der Waals surface area contributed by atoms with Crippen LogP contribution in [0.5, 0.6) is 0 Å². The van der Waals surface area contributed by atoms with Crippen LogP contribution >= 0.6 is 23.2 Å². The van der Waals surface area contributed by atoms with Crippen molar-refractivity contribution >= 4 is 56.9 Å². The second kappa shape index (κ2) is 11.2. The summed E-state index contributed by atoms with van der Waals surface area (Å²) in [7, 11) is 0. The Morgan fingerprint density at radius 1 is 0.730 bits per heavy atom. The van der Waals surface area contributed by atoms with E-state index in [4.69, 9.17) is 23.2 Å². The Balaban J connectivity index is 0.000000152. The zero-order valence-corrected chi connectivity index (χ0v) is 20.7. The van der Waals surface area contributed by atoms with Gasteiger partial charge >= 0.3 is 0 Å². The number of aromatic nitrogens is 7. The summed E-state index contributed by atoms with van der Waals surface area (Å²) in [5.41, 5.74) is 3.02. The number of halogens is 3. The van der Waals surface area contributed by atoms with E-state index in [1.165, 1.54) is 6.07 Å². The lowest BCUT2D eigenvalue weighted by Crippen LogP contribution is -2.04. The van der Waals surface area contributed by atoms with Gasteiger partial charge in [0.05, 0.1) is 10.8 Å². The lowest BCUT2D eigenvalue weighted by Gasteiger charge is -2.07. The first-order valence-electron chi connectivity index (χ1n) is 11.2. The molecule has 0 fully saturated rings. The zero-order chi connectivity index (χ0) is 25.6. The van der Waals surface area contributed by atoms with Gasteiger partial charge in [-0.15, -0.1) is 0 Å². The maximum Gasteiger partial charge on any atom is 0.226 e. The fourth-order valence-corrected chi connectivity index (χ4v) is 3.94. The summed E-state index contributed by atoms with van der Waals surface area (Å²) >= 11 is 11.7. The molecular formula is C25H20Cl2FN9. The van der Waals surface area contributed by atoms with Crippen LogP contribution in [0.15, 0.2) is 73.3 Å². The number of pyridine rings is 1. The molecule has 0 aliphatic rings. The van der Waals surface area contributed by atoms with Gasteiger partial charge in [-0.3, -0.25) is 4.98 Å². The molecule has 12 heteroatoms. The van der Waals surface area contributed by atoms with Crippen molar-refractivity contribution < 1.29 is 4.39 Å². The lowest BCUT2D eigenvalue weighted by atomic mass is 10.2. The van der Waals surface area contributed by atoms with Gasteiger partial charge in [0.2, 0.25) is 10.6 Å². The van der Waals surface area contributed by atoms with Crippen molar-refractivity contribution in [2.24, 2.45) is 0 Å². The van der Waals surface area contributed by atoms with Gasteiger partial charge in [-0.05, 0) is 53.0 Å². The monoisotopic (exact) mass is 535 g/mol. The highest BCUT2D eigenvalue weighted by Gasteiger charge is 2.09. The Morgan fingerprint density at radius 2 is 1.35 bits per heavy atom. The van der Waals surface area contributed by atoms with E-state index in [1.54, 1.807) is 30.6 Å². The molecule has 6 aromatic rings. The Bertz CT molecular complexity index is 1640. The van der Waals surface area contributed by atoms with Gasteiger partial charge in [0.25, 0.3) is 0 Å². The highest BCUT2D eigenvalue weighted by molar-refractivity contribution is 6.29. The molecule has 0 aliphatic carbocycles. The van der Waals surface area contributed by atoms with Crippen LogP contribution < -0.4 is 10.6 Å². The number of nitrogens with zero attached hydrogens (tertiary/aromatic N) is 5. The van der Waals surface area contributed by atoms with E-state index in [0.29, 0.717) is 30.1 Å². The van der Waals surface area contributed by atoms with Gasteiger partial charge in [0, 0.05) is 43.4 Å². The summed E-state index contributed by atoms with van der Waals surface area (Å²) in [4.78, 5) is 26.5. The molecule has 186 valence electrons. The largest absolute Gasteiger partial charge is 0.365 e. The molecule has 37 heavy (non-hydrogen) atoms. The molecule has 4 N–H and O–H groups in total. The molecule has 0 radical (unpaired) electrons. The number of rotatable bonds is 6. The number of benzene rings is 1. The predicted octanol–water partition coefficient (Wildman–Crippen LogP) is 5.98. The van der Waals surface area contributed by atoms with Crippen molar-refractivity contribution in [3.05, 3.63) is 101 Å². The molecule has 0 spiro atoms. The van der Waals surface area contributed by atoms with E-state index >= 15 is 0 Å². The maximum absolute atomic E-state index is 13.5. The molecule has 0 saturated carbocycles. The fourth-order valence-electron chi connectivity index (χ4n) is 3.61. The van der Waals surface area contributed by atoms with E-state index in [1.807, 2.05) is 36.7 Å². The van der Waals surface area contributed by atoms with Crippen molar-refractivity contribution in [1.82, 2.24) is 34.9 Å². The Labute approximate surface area is 220 Å². The fraction of sp³-hybridized carbons (Fsp3) is 0.0800. The molecule has 0 saturated heterocycles. The van der Waals surface area contributed by atoms with Crippen LogP contribution in [0.2, 0.25) is 10.6 Å². The Morgan fingerprint density at radius 3 is 1.95 bits per heavy atom. The number of aromatic amines is 2. The number of hydrogen-bond donors (Lipinski definition) is 4. The quantitative estimate of drug-likeness (QED) is 0.193. The van der Waals surface area contributed by atoms with Gasteiger partial charge in [-0.2, -0.15) is 9.97 Å². The summed E-state index contributed by atoms with van der Waals surface area (Å²) < 4.78 is 13.5. The molecule has 9 nitrogen and oxygen atoms in total. The van der Waals surface area contributed by atoms with Crippen molar-refractivity contribution in [1.29, 1.82) is 0 Å². The van der Waals surface area contributed by atoms with Gasteiger partial charge in [0.15, 0.2) is 0 Å². The third-order valence-electron chi connectivity index (χ3n) is 5.36. The summed E-state index contributed by atoms with van der Waals surface area (Å²) in [6.07, 6.45) is 7.12. The average molecular weight is 536 g/mol. The third-order valence-corrected chi connectivity index (χ3v) is 5.70. The van der Waals surface area contributed by atoms with E-state index in [-0.39, 0.29) is 16.4 Å². The van der Waals surface area contributed by atoms with Crippen molar-refractivity contribution in [2.75, 3.05) is 10.6 Å². The first-order valence-corrected chi connectivity index (χ1v) is 11.9. The summed E-state index contributed by atoms with van der Waals surface area (Å²) in [5.74, 6) is 1.05. The van der Waals surface area contributed by atoms with E-state index in [9.17, 15) is 4.39 Å². The van der Waals surface area contributed by atoms with Crippen LogP contribution in [-0.2, 0) is 13.1 Å². The summed E-state index contributed by atoms with van der Waals surface area (Å²) in [5, 5.41) is 8.42. The van der Waals surface area contributed by atoms with Crippen LogP contribution in [0.1, 0.15) is 11.1 Å². The Kier molecular flexibility index (Phi) is 7.38. The van der Waals surface area contributed by atoms with Crippen molar-refractivity contribution in [3.63, 3.8) is 0 Å². The second-order valence-electron chi connectivity index (χ2n) is 7.82. The number of anilines is 2. The zero-order valence-electron chi connectivity index (χ0n) is 19.2. The third kappa shape index (κ3) is 5.93. The van der Waals surface area contributed by atoms with Gasteiger partial charge in [-0.25, -0.2) is 14.4 Å². The first-order chi connectivity index (χ1) is 18.1. The normalized spacial score (nSPS) is 10.8. The second-order valence-corrected chi connectivity index (χ2v) is 8.50. The number of nitrogens with one attached hydrogen (secondary N) is 4. The molecular weight excluding hydrogens is 516 g/mol. The number of hydrogen-bond acceptors (Lipinski definition) is 7. The molecule has 0 unspecified atom stereocenters. The van der Waals surface area contributed by atoms with Crippen LogP contribution in [-0.4, -0.2) is 34.9 Å². The highest BCUT2D eigenvalue weighted by atomic mass is 35.5. The molecule has 0 amide bonds. The van der Waals surface area contributed by atoms with Gasteiger partial charge in [-0.1, -0.05) is 24.3 Å². The molecule has 0 atom stereocenters. The summed E-state index contributed by atoms with van der Waals surface area (Å²) in [6, 6.07) is 14.2. The minimum Gasteiger partial charge on any atom is -0.365 e. The highest BCUT2D eigenvalue weighted by Crippen LogP contribution is 2.22. The van der Waals surface area contributed by atoms with Crippen LogP contribution in [0.4, 0.5) is 16.0 Å². The SMILES string of the molecule is Clc1nc(NCc2cccnc2)c2cc[nH]c2n1.Fc1ccccc1CNc1nc(Cl)nc2[nH]ccc12. The van der Waals surface area contributed by atoms with Crippen molar-refractivity contribution in [3.8, 4) is 0 Å². The summed E-state index contributed by atoms with van der Waals surface area (Å²) in [6.45, 7) is 0.974. The first kappa shape index (κ1) is 24.4. The smallest absolute Gasteiger partial charge is 0.226 e. The van der Waals surface area contributed by atoms with E-state index < -0.39 is 0 Å². The van der Waals surface area contributed by atoms with E-state index in [2.05, 4.69) is 45.5 Å². The van der Waals surface area contributed by atoms with Crippen LogP contribution in [0, 0.1) is 5.82 Å². The average Bonchev–Trinajstić information content (AvgIpc) is 3.57. The van der Waals surface area contributed by atoms with Crippen LogP contribution in [0.3, 0.4) is 0 Å². The molecule has 1 aromatic carbocycles. The van der Waals surface area contributed by atoms with Crippen LogP contribution in [0.25, 0.3) is 22.1 Å². The molecule has 5 aromatic heterocycles. The number of H-pyrrole nitrogens is 2. The minimum atomic E-state index is -0.250. The standard InChI is InChI=1S/C13H10ClFN4.C12H10ClN5/c14-13-18-11-9(5-6-16-11)12(19-13)17-7-8-3-1-2-4-10(8)15;13-12-17-10-9(3-5-15-10)11(18-12)16-7-8-2-1-4-14-6-8/h1-6H,7H2,(H2,16,17,18,19);1-6H,7H2,(H2,15,16,17,18). The molecule has 0 aliphatic heterocycles. The topological polar surface area (TPSA) is 120 Å². The molecule has 5 heterocycles. The van der Waals surface area contributed by atoms with Gasteiger partial charge < -0.3 is 20.6 Å². The maximum atomic E-state index is 13.5. The molecule has 6 rings (SSSR count). The predicted molar refractivity (Wildman–Crippen MR) is 143 cm³/mol. The van der Waals surface area contributed by atoms with E-state index in [0.717, 1.165) is 27.8 Å². The van der Waals surface area contributed by atoms with Crippen molar-refractivity contribution in [2.45, 2.75) is 13.1 Å².